The minimum atomic E-state index is -0.209. The van der Waals surface area contributed by atoms with E-state index in [4.69, 9.17) is 16.3 Å². The summed E-state index contributed by atoms with van der Waals surface area (Å²) in [5, 5.41) is 3.27. The highest BCUT2D eigenvalue weighted by Crippen LogP contribution is 2.37. The van der Waals surface area contributed by atoms with Gasteiger partial charge in [0.05, 0.1) is 17.2 Å². The molecule has 0 saturated carbocycles. The van der Waals surface area contributed by atoms with E-state index < -0.39 is 0 Å². The van der Waals surface area contributed by atoms with Crippen molar-refractivity contribution >= 4 is 23.4 Å². The lowest BCUT2D eigenvalue weighted by molar-refractivity contribution is -0.137. The van der Waals surface area contributed by atoms with E-state index in [1.54, 1.807) is 24.3 Å². The first-order chi connectivity index (χ1) is 11.1. The molecule has 0 radical (unpaired) electrons. The summed E-state index contributed by atoms with van der Waals surface area (Å²) in [5.41, 5.74) is 0.584. The van der Waals surface area contributed by atoms with E-state index >= 15 is 0 Å². The van der Waals surface area contributed by atoms with Gasteiger partial charge < -0.3 is 15.0 Å². The van der Waals surface area contributed by atoms with Crippen LogP contribution in [0.2, 0.25) is 5.02 Å². The van der Waals surface area contributed by atoms with Gasteiger partial charge >= 0.3 is 0 Å². The number of hydrogen-bond donors (Lipinski definition) is 1. The Balaban J connectivity index is 1.52. The second-order valence-corrected chi connectivity index (χ2v) is 6.76. The summed E-state index contributed by atoms with van der Waals surface area (Å²) < 4.78 is 5.51. The van der Waals surface area contributed by atoms with Gasteiger partial charge in [0.15, 0.2) is 0 Å². The molecular formula is C17H21ClN2O3. The smallest absolute Gasteiger partial charge is 0.252 e. The van der Waals surface area contributed by atoms with E-state index in [1.165, 1.54) is 0 Å². The van der Waals surface area contributed by atoms with Crippen molar-refractivity contribution in [1.29, 1.82) is 0 Å². The first kappa shape index (κ1) is 16.3. The minimum absolute atomic E-state index is 0.126. The van der Waals surface area contributed by atoms with Gasteiger partial charge in [-0.2, -0.15) is 0 Å². The van der Waals surface area contributed by atoms with Crippen molar-refractivity contribution in [2.45, 2.75) is 19.3 Å². The summed E-state index contributed by atoms with van der Waals surface area (Å²) in [6.07, 6.45) is 2.50. The summed E-state index contributed by atoms with van der Waals surface area (Å²) >= 11 is 6.01. The minimum Gasteiger partial charge on any atom is -0.381 e. The van der Waals surface area contributed by atoms with Crippen LogP contribution < -0.4 is 5.32 Å². The maximum Gasteiger partial charge on any atom is 0.252 e. The molecule has 6 heteroatoms. The fourth-order valence-electron chi connectivity index (χ4n) is 3.32. The van der Waals surface area contributed by atoms with Crippen molar-refractivity contribution in [3.63, 3.8) is 0 Å². The van der Waals surface area contributed by atoms with E-state index in [1.807, 2.05) is 4.90 Å². The summed E-state index contributed by atoms with van der Waals surface area (Å²) in [5.74, 6) is -0.0477. The second kappa shape index (κ2) is 6.89. The molecule has 2 aliphatic rings. The van der Waals surface area contributed by atoms with Crippen LogP contribution in [0.5, 0.6) is 0 Å². The SMILES string of the molecule is O=C(NCCN1C[C@@]2(CCOC2)CCC1=O)c1ccccc1Cl. The Morgan fingerprint density at radius 1 is 1.35 bits per heavy atom. The van der Waals surface area contributed by atoms with Gasteiger partial charge in [-0.3, -0.25) is 9.59 Å². The maximum atomic E-state index is 12.1. The molecule has 5 nitrogen and oxygen atoms in total. The number of carbonyl (C=O) groups excluding carboxylic acids is 2. The van der Waals surface area contributed by atoms with Gasteiger partial charge in [-0.05, 0) is 25.0 Å². The lowest BCUT2D eigenvalue weighted by atomic mass is 9.79. The molecule has 1 spiro atoms. The highest BCUT2D eigenvalue weighted by atomic mass is 35.5. The third kappa shape index (κ3) is 3.67. The Kier molecular flexibility index (Phi) is 4.87. The Morgan fingerprint density at radius 2 is 2.17 bits per heavy atom. The fraction of sp³-hybridized carbons (Fsp3) is 0.529. The Hall–Kier alpha value is -1.59. The monoisotopic (exact) mass is 336 g/mol. The van der Waals surface area contributed by atoms with Gasteiger partial charge in [0.1, 0.15) is 0 Å². The number of nitrogens with zero attached hydrogens (tertiary/aromatic N) is 1. The van der Waals surface area contributed by atoms with Gasteiger partial charge in [0.2, 0.25) is 5.91 Å². The molecule has 2 aliphatic heterocycles. The van der Waals surface area contributed by atoms with Crippen molar-refractivity contribution in [2.75, 3.05) is 32.8 Å². The Morgan fingerprint density at radius 3 is 2.91 bits per heavy atom. The van der Waals surface area contributed by atoms with Crippen LogP contribution in [0.3, 0.4) is 0 Å². The molecule has 1 atom stereocenters. The van der Waals surface area contributed by atoms with Crippen LogP contribution in [0.1, 0.15) is 29.6 Å². The normalized spacial score (nSPS) is 24.2. The van der Waals surface area contributed by atoms with Crippen LogP contribution in [-0.2, 0) is 9.53 Å². The summed E-state index contributed by atoms with van der Waals surface area (Å²) in [6, 6.07) is 6.94. The molecule has 124 valence electrons. The van der Waals surface area contributed by atoms with Gasteiger partial charge in [-0.1, -0.05) is 23.7 Å². The molecular weight excluding hydrogens is 316 g/mol. The number of ether oxygens (including phenoxy) is 1. The van der Waals surface area contributed by atoms with Gasteiger partial charge in [-0.15, -0.1) is 0 Å². The number of halogens is 1. The molecule has 2 fully saturated rings. The first-order valence-corrected chi connectivity index (χ1v) is 8.36. The van der Waals surface area contributed by atoms with E-state index in [0.717, 1.165) is 32.6 Å². The van der Waals surface area contributed by atoms with Crippen molar-refractivity contribution in [1.82, 2.24) is 10.2 Å². The van der Waals surface area contributed by atoms with E-state index in [9.17, 15) is 9.59 Å². The Labute approximate surface area is 140 Å². The number of carbonyl (C=O) groups is 2. The number of benzene rings is 1. The van der Waals surface area contributed by atoms with E-state index in [2.05, 4.69) is 5.32 Å². The lowest BCUT2D eigenvalue weighted by Crippen LogP contribution is -2.49. The molecule has 2 saturated heterocycles. The molecule has 2 heterocycles. The summed E-state index contributed by atoms with van der Waals surface area (Å²) in [6.45, 7) is 3.20. The van der Waals surface area contributed by atoms with Crippen LogP contribution >= 0.6 is 11.6 Å². The average Bonchev–Trinajstić information content (AvgIpc) is 2.99. The van der Waals surface area contributed by atoms with Gasteiger partial charge in [0, 0.05) is 38.1 Å². The number of piperidine rings is 1. The zero-order valence-electron chi connectivity index (χ0n) is 13.0. The fourth-order valence-corrected chi connectivity index (χ4v) is 3.54. The van der Waals surface area contributed by atoms with Crippen LogP contribution in [0, 0.1) is 5.41 Å². The molecule has 1 aromatic carbocycles. The van der Waals surface area contributed by atoms with Crippen molar-refractivity contribution in [3.8, 4) is 0 Å². The highest BCUT2D eigenvalue weighted by Gasteiger charge is 2.41. The van der Waals surface area contributed by atoms with Crippen LogP contribution in [0.25, 0.3) is 0 Å². The zero-order valence-corrected chi connectivity index (χ0v) is 13.8. The predicted molar refractivity (Wildman–Crippen MR) is 87.5 cm³/mol. The van der Waals surface area contributed by atoms with Gasteiger partial charge in [0.25, 0.3) is 5.91 Å². The Bertz CT molecular complexity index is 599. The largest absolute Gasteiger partial charge is 0.381 e. The van der Waals surface area contributed by atoms with Crippen molar-refractivity contribution < 1.29 is 14.3 Å². The molecule has 0 aromatic heterocycles. The van der Waals surface area contributed by atoms with E-state index in [-0.39, 0.29) is 17.2 Å². The van der Waals surface area contributed by atoms with Crippen molar-refractivity contribution in [3.05, 3.63) is 34.9 Å². The summed E-state index contributed by atoms with van der Waals surface area (Å²) in [4.78, 5) is 26.1. The number of amides is 2. The zero-order chi connectivity index (χ0) is 16.3. The average molecular weight is 337 g/mol. The molecule has 1 N–H and O–H groups in total. The first-order valence-electron chi connectivity index (χ1n) is 7.98. The number of nitrogens with one attached hydrogen (secondary N) is 1. The number of likely N-dealkylation sites (tertiary alicyclic amines) is 1. The number of hydrogen-bond acceptors (Lipinski definition) is 3. The van der Waals surface area contributed by atoms with Gasteiger partial charge in [-0.25, -0.2) is 0 Å². The third-order valence-electron chi connectivity index (χ3n) is 4.72. The topological polar surface area (TPSA) is 58.6 Å². The molecule has 0 aliphatic carbocycles. The summed E-state index contributed by atoms with van der Waals surface area (Å²) in [7, 11) is 0. The third-order valence-corrected chi connectivity index (χ3v) is 5.05. The lowest BCUT2D eigenvalue weighted by Gasteiger charge is -2.39. The maximum absolute atomic E-state index is 12.1. The van der Waals surface area contributed by atoms with Crippen LogP contribution in [0.15, 0.2) is 24.3 Å². The van der Waals surface area contributed by atoms with Crippen LogP contribution in [0.4, 0.5) is 0 Å². The molecule has 3 rings (SSSR count). The molecule has 0 unspecified atom stereocenters. The molecule has 23 heavy (non-hydrogen) atoms. The standard InChI is InChI=1S/C17H21ClN2O3/c18-14-4-2-1-3-13(14)16(22)19-8-9-20-11-17(6-5-15(20)21)7-10-23-12-17/h1-4H,5-12H2,(H,19,22)/t17-/m0/s1. The second-order valence-electron chi connectivity index (χ2n) is 6.35. The van der Waals surface area contributed by atoms with E-state index in [0.29, 0.717) is 30.1 Å². The molecule has 2 amide bonds. The van der Waals surface area contributed by atoms with Crippen LogP contribution in [-0.4, -0.2) is 49.6 Å². The molecule has 0 bridgehead atoms. The number of rotatable bonds is 4. The van der Waals surface area contributed by atoms with Crippen molar-refractivity contribution in [2.24, 2.45) is 5.41 Å². The molecule has 1 aromatic rings. The highest BCUT2D eigenvalue weighted by molar-refractivity contribution is 6.33. The quantitative estimate of drug-likeness (QED) is 0.916. The predicted octanol–water partition coefficient (Wildman–Crippen LogP) is 2.10.